The minimum absolute atomic E-state index is 0.0200. The Morgan fingerprint density at radius 2 is 2.00 bits per heavy atom. The van der Waals surface area contributed by atoms with Crippen LogP contribution in [0.1, 0.15) is 12.6 Å². The molecular formula is C14H14N4O2S. The van der Waals surface area contributed by atoms with Crippen LogP contribution in [0.25, 0.3) is 0 Å². The Morgan fingerprint density at radius 1 is 1.29 bits per heavy atom. The van der Waals surface area contributed by atoms with E-state index >= 15 is 0 Å². The molecule has 0 saturated carbocycles. The number of nitrogens with zero attached hydrogens (tertiary/aromatic N) is 3. The van der Waals surface area contributed by atoms with Crippen molar-refractivity contribution < 1.29 is 8.42 Å². The Hall–Kier alpha value is -2.59. The van der Waals surface area contributed by atoms with Crippen molar-refractivity contribution in [2.75, 3.05) is 16.6 Å². The van der Waals surface area contributed by atoms with E-state index in [1.54, 1.807) is 31.2 Å². The highest BCUT2D eigenvalue weighted by Gasteiger charge is 2.25. The van der Waals surface area contributed by atoms with Crippen LogP contribution in [0.2, 0.25) is 0 Å². The molecule has 0 amide bonds. The van der Waals surface area contributed by atoms with Gasteiger partial charge in [-0.05, 0) is 31.2 Å². The Kier molecular flexibility index (Phi) is 4.10. The number of anilines is 2. The summed E-state index contributed by atoms with van der Waals surface area (Å²) >= 11 is 0. The van der Waals surface area contributed by atoms with E-state index in [9.17, 15) is 8.42 Å². The Morgan fingerprint density at radius 3 is 2.52 bits per heavy atom. The first-order chi connectivity index (χ1) is 10.0. The first-order valence-corrected chi connectivity index (χ1v) is 7.68. The van der Waals surface area contributed by atoms with Crippen LogP contribution in [0, 0.1) is 11.3 Å². The lowest BCUT2D eigenvalue weighted by Gasteiger charge is -2.24. The lowest BCUT2D eigenvalue weighted by Crippen LogP contribution is -2.31. The molecule has 0 saturated heterocycles. The molecule has 0 aliphatic rings. The van der Waals surface area contributed by atoms with E-state index in [0.717, 1.165) is 0 Å². The summed E-state index contributed by atoms with van der Waals surface area (Å²) in [6, 6.07) is 11.3. The summed E-state index contributed by atoms with van der Waals surface area (Å²) in [4.78, 5) is 3.82. The van der Waals surface area contributed by atoms with Gasteiger partial charge < -0.3 is 5.73 Å². The highest BCUT2D eigenvalue weighted by molar-refractivity contribution is 7.92. The topological polar surface area (TPSA) is 100 Å². The summed E-state index contributed by atoms with van der Waals surface area (Å²) in [6.45, 7) is 1.96. The standard InChI is InChI=1S/C14H14N4O2S/c1-2-18(14-6-4-3-5-13(14)16)21(19,20)12-8-7-11(9-15)17-10-12/h3-8,10H,2,16H2,1H3. The molecule has 0 spiro atoms. The van der Waals surface area contributed by atoms with E-state index in [0.29, 0.717) is 11.4 Å². The summed E-state index contributed by atoms with van der Waals surface area (Å²) in [5, 5.41) is 8.71. The number of nitrogen functional groups attached to an aromatic ring is 1. The molecule has 7 heteroatoms. The normalized spacial score (nSPS) is 10.9. The molecule has 2 N–H and O–H groups in total. The van der Waals surface area contributed by atoms with Gasteiger partial charge >= 0.3 is 0 Å². The maximum absolute atomic E-state index is 12.7. The molecule has 0 atom stereocenters. The first kappa shape index (κ1) is 14.8. The smallest absolute Gasteiger partial charge is 0.265 e. The van der Waals surface area contributed by atoms with Crippen LogP contribution in [0.15, 0.2) is 47.5 Å². The Labute approximate surface area is 123 Å². The molecule has 6 nitrogen and oxygen atoms in total. The van der Waals surface area contributed by atoms with Crippen LogP contribution in [0.4, 0.5) is 11.4 Å². The van der Waals surface area contributed by atoms with Crippen LogP contribution in [0.3, 0.4) is 0 Å². The number of rotatable bonds is 4. The highest BCUT2D eigenvalue weighted by Crippen LogP contribution is 2.28. The van der Waals surface area contributed by atoms with E-state index in [-0.39, 0.29) is 17.1 Å². The zero-order chi connectivity index (χ0) is 15.5. The van der Waals surface area contributed by atoms with Gasteiger partial charge in [-0.1, -0.05) is 12.1 Å². The van der Waals surface area contributed by atoms with Crippen molar-refractivity contribution in [2.24, 2.45) is 0 Å². The fourth-order valence-corrected chi connectivity index (χ4v) is 3.36. The van der Waals surface area contributed by atoms with Gasteiger partial charge in [0.1, 0.15) is 16.7 Å². The van der Waals surface area contributed by atoms with E-state index in [4.69, 9.17) is 11.0 Å². The van der Waals surface area contributed by atoms with Crippen molar-refractivity contribution in [2.45, 2.75) is 11.8 Å². The van der Waals surface area contributed by atoms with Gasteiger partial charge in [0.2, 0.25) is 0 Å². The van der Waals surface area contributed by atoms with Gasteiger partial charge in [-0.3, -0.25) is 4.31 Å². The third-order valence-corrected chi connectivity index (χ3v) is 4.80. The number of sulfonamides is 1. The highest BCUT2D eigenvalue weighted by atomic mass is 32.2. The third-order valence-electron chi connectivity index (χ3n) is 2.93. The largest absolute Gasteiger partial charge is 0.397 e. The average molecular weight is 302 g/mol. The fourth-order valence-electron chi connectivity index (χ4n) is 1.91. The van der Waals surface area contributed by atoms with E-state index in [2.05, 4.69) is 4.98 Å². The van der Waals surface area contributed by atoms with Crippen molar-refractivity contribution in [3.63, 3.8) is 0 Å². The summed E-state index contributed by atoms with van der Waals surface area (Å²) in [5.74, 6) is 0. The molecule has 2 rings (SSSR count). The molecule has 0 aliphatic heterocycles. The molecule has 1 heterocycles. The molecule has 0 unspecified atom stereocenters. The number of para-hydroxylation sites is 2. The molecule has 1 aromatic heterocycles. The van der Waals surface area contributed by atoms with Crippen LogP contribution < -0.4 is 10.0 Å². The lowest BCUT2D eigenvalue weighted by molar-refractivity contribution is 0.591. The third kappa shape index (κ3) is 2.80. The van der Waals surface area contributed by atoms with Crippen molar-refractivity contribution >= 4 is 21.4 Å². The summed E-state index contributed by atoms with van der Waals surface area (Å²) in [6.07, 6.45) is 1.18. The van der Waals surface area contributed by atoms with Gasteiger partial charge in [-0.25, -0.2) is 13.4 Å². The van der Waals surface area contributed by atoms with E-state index in [1.165, 1.54) is 22.6 Å². The van der Waals surface area contributed by atoms with Crippen LogP contribution in [-0.2, 0) is 10.0 Å². The molecule has 0 bridgehead atoms. The van der Waals surface area contributed by atoms with Gasteiger partial charge in [-0.2, -0.15) is 5.26 Å². The van der Waals surface area contributed by atoms with Crippen LogP contribution in [-0.4, -0.2) is 19.9 Å². The van der Waals surface area contributed by atoms with Crippen LogP contribution in [0.5, 0.6) is 0 Å². The van der Waals surface area contributed by atoms with E-state index in [1.807, 2.05) is 6.07 Å². The second-order valence-electron chi connectivity index (χ2n) is 4.22. The second-order valence-corrected chi connectivity index (χ2v) is 6.08. The predicted octanol–water partition coefficient (Wildman–Crippen LogP) is 1.75. The van der Waals surface area contributed by atoms with Gasteiger partial charge in [0.25, 0.3) is 10.0 Å². The zero-order valence-corrected chi connectivity index (χ0v) is 12.2. The molecule has 0 radical (unpaired) electrons. The van der Waals surface area contributed by atoms with Crippen molar-refractivity contribution in [1.29, 1.82) is 5.26 Å². The average Bonchev–Trinajstić information content (AvgIpc) is 2.50. The predicted molar refractivity (Wildman–Crippen MR) is 80.0 cm³/mol. The molecule has 2 aromatic rings. The van der Waals surface area contributed by atoms with Crippen molar-refractivity contribution in [1.82, 2.24) is 4.98 Å². The van der Waals surface area contributed by atoms with Crippen molar-refractivity contribution in [3.05, 3.63) is 48.3 Å². The molecule has 0 fully saturated rings. The number of pyridine rings is 1. The SMILES string of the molecule is CCN(c1ccccc1N)S(=O)(=O)c1ccc(C#N)nc1. The van der Waals surface area contributed by atoms with Gasteiger partial charge in [0.05, 0.1) is 11.4 Å². The minimum Gasteiger partial charge on any atom is -0.397 e. The van der Waals surface area contributed by atoms with Crippen LogP contribution >= 0.6 is 0 Å². The number of hydrogen-bond acceptors (Lipinski definition) is 5. The number of nitrogens with two attached hydrogens (primary N) is 1. The molecule has 21 heavy (non-hydrogen) atoms. The number of benzene rings is 1. The first-order valence-electron chi connectivity index (χ1n) is 6.24. The summed E-state index contributed by atoms with van der Waals surface area (Å²) in [5.41, 5.74) is 6.82. The number of nitriles is 1. The Bertz CT molecular complexity index is 779. The second kappa shape index (κ2) is 5.81. The monoisotopic (exact) mass is 302 g/mol. The van der Waals surface area contributed by atoms with Gasteiger partial charge in [-0.15, -0.1) is 0 Å². The van der Waals surface area contributed by atoms with Crippen molar-refractivity contribution in [3.8, 4) is 6.07 Å². The number of aromatic nitrogens is 1. The minimum atomic E-state index is -3.77. The fraction of sp³-hybridized carbons (Fsp3) is 0.143. The maximum atomic E-state index is 12.7. The zero-order valence-electron chi connectivity index (χ0n) is 11.4. The Balaban J connectivity index is 2.50. The number of hydrogen-bond donors (Lipinski definition) is 1. The summed E-state index contributed by atoms with van der Waals surface area (Å²) < 4.78 is 26.5. The lowest BCUT2D eigenvalue weighted by atomic mass is 10.3. The van der Waals surface area contributed by atoms with E-state index < -0.39 is 10.0 Å². The quantitative estimate of drug-likeness (QED) is 0.867. The molecular weight excluding hydrogens is 288 g/mol. The molecule has 0 aliphatic carbocycles. The van der Waals surface area contributed by atoms with Gasteiger partial charge in [0, 0.05) is 12.7 Å². The van der Waals surface area contributed by atoms with Gasteiger partial charge in [0.15, 0.2) is 0 Å². The maximum Gasteiger partial charge on any atom is 0.265 e. The molecule has 108 valence electrons. The molecule has 1 aromatic carbocycles. The summed E-state index contributed by atoms with van der Waals surface area (Å²) in [7, 11) is -3.77.